The van der Waals surface area contributed by atoms with Gasteiger partial charge in [0.1, 0.15) is 0 Å². The predicted octanol–water partition coefficient (Wildman–Crippen LogP) is 3.67. The highest BCUT2D eigenvalue weighted by atomic mass is 15.1. The molecule has 2 N–H and O–H groups in total. The van der Waals surface area contributed by atoms with E-state index >= 15 is 0 Å². The maximum atomic E-state index is 5.73. The van der Waals surface area contributed by atoms with E-state index < -0.39 is 0 Å². The SMILES string of the molecule is C=CCN(CCCC(CCN)C(C)(C)C)C(C)C. The van der Waals surface area contributed by atoms with Gasteiger partial charge in [-0.25, -0.2) is 0 Å². The van der Waals surface area contributed by atoms with E-state index in [1.807, 2.05) is 6.08 Å². The summed E-state index contributed by atoms with van der Waals surface area (Å²) in [5.41, 5.74) is 6.11. The fraction of sp³-hybridized carbons (Fsp3) is 0.875. The maximum absolute atomic E-state index is 5.73. The average Bonchev–Trinajstić information content (AvgIpc) is 2.25. The van der Waals surface area contributed by atoms with Crippen molar-refractivity contribution in [3.05, 3.63) is 12.7 Å². The van der Waals surface area contributed by atoms with Crippen LogP contribution in [0.1, 0.15) is 53.9 Å². The molecule has 2 nitrogen and oxygen atoms in total. The summed E-state index contributed by atoms with van der Waals surface area (Å²) < 4.78 is 0. The Labute approximate surface area is 115 Å². The fourth-order valence-electron chi connectivity index (χ4n) is 2.48. The van der Waals surface area contributed by atoms with E-state index in [1.54, 1.807) is 0 Å². The van der Waals surface area contributed by atoms with Crippen LogP contribution in [0, 0.1) is 11.3 Å². The number of rotatable bonds is 9. The quantitative estimate of drug-likeness (QED) is 0.636. The molecule has 0 aliphatic carbocycles. The monoisotopic (exact) mass is 254 g/mol. The van der Waals surface area contributed by atoms with Gasteiger partial charge in [-0.1, -0.05) is 26.8 Å². The summed E-state index contributed by atoms with van der Waals surface area (Å²) in [6, 6.07) is 0.602. The van der Waals surface area contributed by atoms with Crippen molar-refractivity contribution in [2.75, 3.05) is 19.6 Å². The molecular weight excluding hydrogens is 220 g/mol. The van der Waals surface area contributed by atoms with Gasteiger partial charge in [0.15, 0.2) is 0 Å². The van der Waals surface area contributed by atoms with Gasteiger partial charge in [0.2, 0.25) is 0 Å². The fourth-order valence-corrected chi connectivity index (χ4v) is 2.48. The van der Waals surface area contributed by atoms with E-state index in [0.717, 1.165) is 25.4 Å². The molecular formula is C16H34N2. The van der Waals surface area contributed by atoms with Crippen LogP contribution in [0.3, 0.4) is 0 Å². The van der Waals surface area contributed by atoms with Crippen molar-refractivity contribution in [2.45, 2.75) is 59.9 Å². The highest BCUT2D eigenvalue weighted by Crippen LogP contribution is 2.32. The highest BCUT2D eigenvalue weighted by Gasteiger charge is 2.23. The van der Waals surface area contributed by atoms with E-state index in [9.17, 15) is 0 Å². The summed E-state index contributed by atoms with van der Waals surface area (Å²) in [7, 11) is 0. The van der Waals surface area contributed by atoms with Crippen molar-refractivity contribution < 1.29 is 0 Å². The van der Waals surface area contributed by atoms with Gasteiger partial charge >= 0.3 is 0 Å². The summed E-state index contributed by atoms with van der Waals surface area (Å²) in [5, 5.41) is 0. The Hall–Kier alpha value is -0.340. The molecule has 0 spiro atoms. The Morgan fingerprint density at radius 3 is 2.22 bits per heavy atom. The van der Waals surface area contributed by atoms with E-state index in [-0.39, 0.29) is 0 Å². The van der Waals surface area contributed by atoms with E-state index in [2.05, 4.69) is 46.1 Å². The summed E-state index contributed by atoms with van der Waals surface area (Å²) in [6.45, 7) is 18.3. The number of hydrogen-bond donors (Lipinski definition) is 1. The molecule has 0 rings (SSSR count). The normalized spacial score (nSPS) is 14.2. The molecule has 0 fully saturated rings. The van der Waals surface area contributed by atoms with Crippen LogP contribution in [0.2, 0.25) is 0 Å². The van der Waals surface area contributed by atoms with Crippen LogP contribution in [-0.4, -0.2) is 30.6 Å². The molecule has 0 aliphatic heterocycles. The van der Waals surface area contributed by atoms with Gasteiger partial charge in [-0.2, -0.15) is 0 Å². The molecule has 0 aliphatic rings. The molecule has 108 valence electrons. The summed E-state index contributed by atoms with van der Waals surface area (Å²) in [4.78, 5) is 2.48. The van der Waals surface area contributed by atoms with Crippen LogP contribution in [0.15, 0.2) is 12.7 Å². The Kier molecular flexibility index (Phi) is 8.54. The third-order valence-electron chi connectivity index (χ3n) is 3.83. The van der Waals surface area contributed by atoms with Crippen molar-refractivity contribution in [3.63, 3.8) is 0 Å². The van der Waals surface area contributed by atoms with Crippen LogP contribution < -0.4 is 5.73 Å². The van der Waals surface area contributed by atoms with Gasteiger partial charge in [-0.15, -0.1) is 6.58 Å². The molecule has 0 amide bonds. The zero-order valence-electron chi connectivity index (χ0n) is 13.2. The van der Waals surface area contributed by atoms with Crippen LogP contribution in [0.4, 0.5) is 0 Å². The molecule has 0 heterocycles. The second kappa shape index (κ2) is 8.71. The van der Waals surface area contributed by atoms with Gasteiger partial charge in [0.05, 0.1) is 0 Å². The van der Waals surface area contributed by atoms with Crippen molar-refractivity contribution >= 4 is 0 Å². The standard InChI is InChI=1S/C16H34N2/c1-7-12-18(14(2)3)13-8-9-15(10-11-17)16(4,5)6/h7,14-15H,1,8-13,17H2,2-6H3. The second-order valence-electron chi connectivity index (χ2n) is 6.66. The number of hydrogen-bond acceptors (Lipinski definition) is 2. The molecule has 1 unspecified atom stereocenters. The van der Waals surface area contributed by atoms with Gasteiger partial charge in [-0.3, -0.25) is 4.90 Å². The maximum Gasteiger partial charge on any atom is 0.0163 e. The van der Waals surface area contributed by atoms with Crippen molar-refractivity contribution in [1.82, 2.24) is 4.90 Å². The Morgan fingerprint density at radius 1 is 1.22 bits per heavy atom. The smallest absolute Gasteiger partial charge is 0.0163 e. The van der Waals surface area contributed by atoms with Crippen molar-refractivity contribution in [3.8, 4) is 0 Å². The molecule has 2 heteroatoms. The lowest BCUT2D eigenvalue weighted by molar-refractivity contribution is 0.186. The van der Waals surface area contributed by atoms with Crippen LogP contribution >= 0.6 is 0 Å². The summed E-state index contributed by atoms with van der Waals surface area (Å²) in [6.07, 6.45) is 5.68. The molecule has 0 aromatic rings. The molecule has 0 bridgehead atoms. The van der Waals surface area contributed by atoms with E-state index in [0.29, 0.717) is 11.5 Å². The molecule has 0 aromatic heterocycles. The third-order valence-corrected chi connectivity index (χ3v) is 3.83. The minimum Gasteiger partial charge on any atom is -0.330 e. The molecule has 18 heavy (non-hydrogen) atoms. The zero-order chi connectivity index (χ0) is 14.2. The first-order valence-corrected chi connectivity index (χ1v) is 7.38. The van der Waals surface area contributed by atoms with Crippen molar-refractivity contribution in [2.24, 2.45) is 17.1 Å². The largest absolute Gasteiger partial charge is 0.330 e. The Balaban J connectivity index is 4.15. The van der Waals surface area contributed by atoms with Gasteiger partial charge in [-0.05, 0) is 57.5 Å². The highest BCUT2D eigenvalue weighted by molar-refractivity contribution is 4.78. The van der Waals surface area contributed by atoms with Gasteiger partial charge in [0, 0.05) is 12.6 Å². The van der Waals surface area contributed by atoms with E-state index in [4.69, 9.17) is 5.73 Å². The molecule has 0 saturated carbocycles. The third kappa shape index (κ3) is 7.17. The first kappa shape index (κ1) is 17.7. The average molecular weight is 254 g/mol. The molecule has 0 aromatic carbocycles. The lowest BCUT2D eigenvalue weighted by atomic mass is 9.76. The van der Waals surface area contributed by atoms with Crippen molar-refractivity contribution in [1.29, 1.82) is 0 Å². The predicted molar refractivity (Wildman–Crippen MR) is 82.8 cm³/mol. The number of nitrogens with two attached hydrogens (primary N) is 1. The minimum absolute atomic E-state index is 0.375. The molecule has 0 saturated heterocycles. The van der Waals surface area contributed by atoms with E-state index in [1.165, 1.54) is 19.4 Å². The first-order chi connectivity index (χ1) is 8.32. The molecule has 1 atom stereocenters. The Bertz CT molecular complexity index is 216. The lowest BCUT2D eigenvalue weighted by Crippen LogP contribution is -2.33. The second-order valence-corrected chi connectivity index (χ2v) is 6.66. The van der Waals surface area contributed by atoms with Crippen LogP contribution in [-0.2, 0) is 0 Å². The van der Waals surface area contributed by atoms with Crippen LogP contribution in [0.5, 0.6) is 0 Å². The summed E-state index contributed by atoms with van der Waals surface area (Å²) in [5.74, 6) is 0.736. The number of nitrogens with zero attached hydrogens (tertiary/aromatic N) is 1. The topological polar surface area (TPSA) is 29.3 Å². The lowest BCUT2D eigenvalue weighted by Gasteiger charge is -2.32. The summed E-state index contributed by atoms with van der Waals surface area (Å²) >= 11 is 0. The van der Waals surface area contributed by atoms with Gasteiger partial charge in [0.25, 0.3) is 0 Å². The van der Waals surface area contributed by atoms with Gasteiger partial charge < -0.3 is 5.73 Å². The zero-order valence-corrected chi connectivity index (χ0v) is 13.2. The van der Waals surface area contributed by atoms with Crippen LogP contribution in [0.25, 0.3) is 0 Å². The first-order valence-electron chi connectivity index (χ1n) is 7.38. The molecule has 0 radical (unpaired) electrons. The minimum atomic E-state index is 0.375. The Morgan fingerprint density at radius 2 is 1.83 bits per heavy atom.